The lowest BCUT2D eigenvalue weighted by Gasteiger charge is -2.37. The van der Waals surface area contributed by atoms with Gasteiger partial charge in [-0.05, 0) is 60.9 Å². The molecule has 1 aromatic heterocycles. The van der Waals surface area contributed by atoms with Crippen molar-refractivity contribution in [1.82, 2.24) is 4.57 Å². The molecule has 2 heteroatoms. The molecule has 0 radical (unpaired) electrons. The van der Waals surface area contributed by atoms with Crippen LogP contribution in [0.4, 0.5) is 0 Å². The molecule has 2 atom stereocenters. The molecule has 1 unspecified atom stereocenters. The number of aromatic nitrogens is 1. The van der Waals surface area contributed by atoms with E-state index in [9.17, 15) is 0 Å². The minimum Gasteiger partial charge on any atom is -0.334 e. The molecule has 142 valence electrons. The first-order valence-corrected chi connectivity index (χ1v) is 11.1. The number of hydrogen-bond acceptors (Lipinski definition) is 0. The van der Waals surface area contributed by atoms with Crippen molar-refractivity contribution in [2.45, 2.75) is 57.7 Å². The van der Waals surface area contributed by atoms with E-state index in [1.807, 2.05) is 0 Å². The molecule has 0 saturated carbocycles. The summed E-state index contributed by atoms with van der Waals surface area (Å²) in [6, 6.07) is 19.1. The Morgan fingerprint density at radius 2 is 1.93 bits per heavy atom. The van der Waals surface area contributed by atoms with Crippen LogP contribution in [0, 0.1) is 0 Å². The molecule has 0 bridgehead atoms. The Morgan fingerprint density at radius 1 is 1.00 bits per heavy atom. The number of fused-ring (bicyclic) bond motifs is 3. The molecule has 0 fully saturated rings. The highest BCUT2D eigenvalue weighted by molar-refractivity contribution is 5.89. The summed E-state index contributed by atoms with van der Waals surface area (Å²) in [6.07, 6.45) is 10.2. The first-order chi connectivity index (χ1) is 13.9. The van der Waals surface area contributed by atoms with Crippen LogP contribution in [0.2, 0.25) is 0 Å². The fraction of sp³-hybridized carbons (Fsp3) is 0.385. The SMILES string of the molecule is C1=C(c2ccc3c(c2)c2c4n3CC[NH+](Cc3ccccc3)[C@@H]4CCC2)CCC1. The Morgan fingerprint density at radius 3 is 2.79 bits per heavy atom. The molecule has 2 aliphatic carbocycles. The van der Waals surface area contributed by atoms with E-state index in [1.165, 1.54) is 61.7 Å². The van der Waals surface area contributed by atoms with Crippen molar-refractivity contribution in [3.8, 4) is 0 Å². The summed E-state index contributed by atoms with van der Waals surface area (Å²) in [5.41, 5.74) is 9.33. The molecule has 28 heavy (non-hydrogen) atoms. The van der Waals surface area contributed by atoms with E-state index < -0.39 is 0 Å². The van der Waals surface area contributed by atoms with Crippen molar-refractivity contribution in [2.24, 2.45) is 0 Å². The number of quaternary nitrogens is 1. The standard InChI is InChI=1S/C26H28N2/c1-2-7-19(8-3-1)18-27-15-16-28-24-14-13-21(20-9-4-5-10-20)17-23(24)22-11-6-12-25(27)26(22)28/h1-3,7-9,13-14,17,25H,4-6,10-12,15-16,18H2/p+1/t25-/m1/s1. The minimum absolute atomic E-state index is 0.666. The summed E-state index contributed by atoms with van der Waals surface area (Å²) in [4.78, 5) is 1.76. The molecule has 0 amide bonds. The summed E-state index contributed by atoms with van der Waals surface area (Å²) >= 11 is 0. The zero-order valence-electron chi connectivity index (χ0n) is 16.6. The van der Waals surface area contributed by atoms with Gasteiger partial charge in [0, 0.05) is 22.9 Å². The van der Waals surface area contributed by atoms with Gasteiger partial charge in [-0.2, -0.15) is 0 Å². The second-order valence-corrected chi connectivity index (χ2v) is 8.88. The van der Waals surface area contributed by atoms with Gasteiger partial charge in [-0.1, -0.05) is 42.5 Å². The van der Waals surface area contributed by atoms with Crippen molar-refractivity contribution in [3.05, 3.63) is 77.0 Å². The van der Waals surface area contributed by atoms with Crippen LogP contribution in [0.25, 0.3) is 16.5 Å². The van der Waals surface area contributed by atoms with Crippen molar-refractivity contribution in [1.29, 1.82) is 0 Å². The molecule has 0 saturated heterocycles. The minimum atomic E-state index is 0.666. The van der Waals surface area contributed by atoms with Gasteiger partial charge in [0.25, 0.3) is 0 Å². The third-order valence-electron chi connectivity index (χ3n) is 7.30. The number of rotatable bonds is 3. The van der Waals surface area contributed by atoms with Crippen LogP contribution in [0.1, 0.15) is 60.5 Å². The fourth-order valence-electron chi connectivity index (χ4n) is 6.00. The third kappa shape index (κ3) is 2.58. The number of nitrogens with one attached hydrogen (secondary N) is 1. The highest BCUT2D eigenvalue weighted by Crippen LogP contribution is 2.39. The summed E-state index contributed by atoms with van der Waals surface area (Å²) in [5.74, 6) is 0. The van der Waals surface area contributed by atoms with E-state index >= 15 is 0 Å². The Kier molecular flexibility index (Phi) is 3.94. The molecule has 0 spiro atoms. The van der Waals surface area contributed by atoms with Crippen LogP contribution in [0.15, 0.2) is 54.6 Å². The van der Waals surface area contributed by atoms with Gasteiger partial charge < -0.3 is 9.47 Å². The van der Waals surface area contributed by atoms with E-state index in [4.69, 9.17) is 0 Å². The summed E-state index contributed by atoms with van der Waals surface area (Å²) in [6.45, 7) is 3.56. The van der Waals surface area contributed by atoms with Gasteiger partial charge in [0.05, 0.1) is 18.8 Å². The summed E-state index contributed by atoms with van der Waals surface area (Å²) < 4.78 is 2.68. The fourth-order valence-corrected chi connectivity index (χ4v) is 6.00. The van der Waals surface area contributed by atoms with E-state index in [0.717, 1.165) is 13.1 Å². The number of benzene rings is 2. The molecule has 1 N–H and O–H groups in total. The number of allylic oxidation sites excluding steroid dienone is 2. The zero-order chi connectivity index (χ0) is 18.5. The molecular formula is C26H29N2+. The van der Waals surface area contributed by atoms with E-state index in [-0.39, 0.29) is 0 Å². The smallest absolute Gasteiger partial charge is 0.129 e. The zero-order valence-corrected chi connectivity index (χ0v) is 16.6. The van der Waals surface area contributed by atoms with Gasteiger partial charge in [-0.25, -0.2) is 0 Å². The Balaban J connectivity index is 1.43. The van der Waals surface area contributed by atoms with Crippen molar-refractivity contribution >= 4 is 16.5 Å². The van der Waals surface area contributed by atoms with Crippen LogP contribution < -0.4 is 4.90 Å². The molecular weight excluding hydrogens is 340 g/mol. The quantitative estimate of drug-likeness (QED) is 0.686. The lowest BCUT2D eigenvalue weighted by Crippen LogP contribution is -3.12. The van der Waals surface area contributed by atoms with Crippen molar-refractivity contribution < 1.29 is 4.90 Å². The van der Waals surface area contributed by atoms with Gasteiger partial charge in [0.1, 0.15) is 12.6 Å². The van der Waals surface area contributed by atoms with Gasteiger partial charge in [0.15, 0.2) is 0 Å². The average Bonchev–Trinajstić information content (AvgIpc) is 3.39. The van der Waals surface area contributed by atoms with Gasteiger partial charge >= 0.3 is 0 Å². The first-order valence-electron chi connectivity index (χ1n) is 11.1. The van der Waals surface area contributed by atoms with Crippen molar-refractivity contribution in [2.75, 3.05) is 6.54 Å². The van der Waals surface area contributed by atoms with Gasteiger partial charge in [0.2, 0.25) is 0 Å². The lowest BCUT2D eigenvalue weighted by molar-refractivity contribution is -0.950. The maximum Gasteiger partial charge on any atom is 0.129 e. The highest BCUT2D eigenvalue weighted by Gasteiger charge is 2.37. The maximum absolute atomic E-state index is 2.68. The molecule has 6 rings (SSSR count). The van der Waals surface area contributed by atoms with E-state index in [1.54, 1.807) is 27.1 Å². The second kappa shape index (κ2) is 6.63. The number of nitrogens with zero attached hydrogens (tertiary/aromatic N) is 1. The third-order valence-corrected chi connectivity index (χ3v) is 7.30. The van der Waals surface area contributed by atoms with Crippen molar-refractivity contribution in [3.63, 3.8) is 0 Å². The predicted octanol–water partition coefficient (Wildman–Crippen LogP) is 4.68. The highest BCUT2D eigenvalue weighted by atomic mass is 15.2. The predicted molar refractivity (Wildman–Crippen MR) is 115 cm³/mol. The average molecular weight is 370 g/mol. The molecule has 2 nitrogen and oxygen atoms in total. The monoisotopic (exact) mass is 369 g/mol. The lowest BCUT2D eigenvalue weighted by atomic mass is 9.89. The van der Waals surface area contributed by atoms with Gasteiger partial charge in [-0.3, -0.25) is 0 Å². The molecule has 2 aromatic carbocycles. The van der Waals surface area contributed by atoms with Gasteiger partial charge in [-0.15, -0.1) is 0 Å². The Hall–Kier alpha value is -2.32. The topological polar surface area (TPSA) is 9.37 Å². The molecule has 3 aliphatic rings. The van der Waals surface area contributed by atoms with Crippen LogP contribution in [0.3, 0.4) is 0 Å². The maximum atomic E-state index is 2.68. The molecule has 1 aliphatic heterocycles. The van der Waals surface area contributed by atoms with Crippen LogP contribution in [-0.2, 0) is 19.5 Å². The van der Waals surface area contributed by atoms with Crippen LogP contribution >= 0.6 is 0 Å². The second-order valence-electron chi connectivity index (χ2n) is 8.88. The van der Waals surface area contributed by atoms with E-state index in [2.05, 4.69) is 59.2 Å². The first kappa shape index (κ1) is 16.6. The normalized spacial score (nSPS) is 23.6. The molecule has 2 heterocycles. The Labute approximate surface area is 167 Å². The van der Waals surface area contributed by atoms with Crippen LogP contribution in [0.5, 0.6) is 0 Å². The number of hydrogen-bond donors (Lipinski definition) is 1. The number of aryl methyl sites for hydroxylation is 1. The largest absolute Gasteiger partial charge is 0.334 e. The summed E-state index contributed by atoms with van der Waals surface area (Å²) in [7, 11) is 0. The Bertz CT molecular complexity index is 1060. The molecule has 3 aromatic rings. The summed E-state index contributed by atoms with van der Waals surface area (Å²) in [5, 5.41) is 1.55. The van der Waals surface area contributed by atoms with E-state index in [0.29, 0.717) is 6.04 Å². The van der Waals surface area contributed by atoms with Crippen LogP contribution in [-0.4, -0.2) is 11.1 Å².